The highest BCUT2D eigenvalue weighted by Crippen LogP contribution is 2.25. The molecule has 6 heteroatoms. The minimum atomic E-state index is -0.166. The molecule has 1 aliphatic carbocycles. The van der Waals surface area contributed by atoms with Gasteiger partial charge in [-0.1, -0.05) is 11.8 Å². The van der Waals surface area contributed by atoms with Crippen molar-refractivity contribution in [2.45, 2.75) is 49.5 Å². The first-order valence-corrected chi connectivity index (χ1v) is 8.53. The summed E-state index contributed by atoms with van der Waals surface area (Å²) in [4.78, 5) is 16.3. The minimum absolute atomic E-state index is 0.120. The van der Waals surface area contributed by atoms with Gasteiger partial charge in [-0.25, -0.2) is 4.98 Å². The third-order valence-electron chi connectivity index (χ3n) is 2.82. The molecule has 0 saturated heterocycles. The molecule has 2 rings (SSSR count). The number of ether oxygens (including phenoxy) is 1. The van der Waals surface area contributed by atoms with Gasteiger partial charge in [0, 0.05) is 22.9 Å². The molecule has 0 aromatic carbocycles. The van der Waals surface area contributed by atoms with Crippen molar-refractivity contribution >= 4 is 29.1 Å². The molecule has 106 valence electrons. The second kappa shape index (κ2) is 7.26. The average molecular weight is 300 g/mol. The fourth-order valence-electron chi connectivity index (χ4n) is 1.71. The van der Waals surface area contributed by atoms with Crippen LogP contribution in [0.5, 0.6) is 0 Å². The van der Waals surface area contributed by atoms with Crippen molar-refractivity contribution in [2.75, 3.05) is 12.4 Å². The van der Waals surface area contributed by atoms with Crippen molar-refractivity contribution in [3.05, 3.63) is 11.1 Å². The van der Waals surface area contributed by atoms with Crippen LogP contribution in [0.1, 0.15) is 31.9 Å². The Balaban J connectivity index is 1.76. The topological polar surface area (TPSA) is 51.2 Å². The maximum Gasteiger partial charge on any atom is 0.323 e. The molecule has 1 N–H and O–H groups in total. The molecule has 4 nitrogen and oxygen atoms in total. The van der Waals surface area contributed by atoms with Gasteiger partial charge >= 0.3 is 5.97 Å². The molecule has 0 radical (unpaired) electrons. The summed E-state index contributed by atoms with van der Waals surface area (Å²) >= 11 is 3.37. The molecule has 0 bridgehead atoms. The summed E-state index contributed by atoms with van der Waals surface area (Å²) in [5.74, 6) is 0.765. The van der Waals surface area contributed by atoms with Gasteiger partial charge in [-0.15, -0.1) is 11.3 Å². The highest BCUT2D eigenvalue weighted by molar-refractivity contribution is 8.01. The monoisotopic (exact) mass is 300 g/mol. The first kappa shape index (κ1) is 14.8. The summed E-state index contributed by atoms with van der Waals surface area (Å²) in [5.41, 5.74) is 1.06. The number of carbonyl (C=O) groups excluding carboxylic acids is 1. The van der Waals surface area contributed by atoms with Gasteiger partial charge in [0.1, 0.15) is 10.4 Å². The van der Waals surface area contributed by atoms with Crippen molar-refractivity contribution in [3.8, 4) is 0 Å². The van der Waals surface area contributed by atoms with E-state index in [9.17, 15) is 4.79 Å². The standard InChI is InChI=1S/C13H20N2O2S2/c1-3-17-12(16)11(15-10-4-5-10)6-7-18-13-14-9(2)8-19-13/h8,10-11,15H,3-7H2,1-2H3. The van der Waals surface area contributed by atoms with E-state index >= 15 is 0 Å². The van der Waals surface area contributed by atoms with E-state index in [1.165, 1.54) is 12.8 Å². The van der Waals surface area contributed by atoms with Crippen LogP contribution in [0.15, 0.2) is 9.72 Å². The first-order valence-electron chi connectivity index (χ1n) is 6.66. The molecule has 19 heavy (non-hydrogen) atoms. The summed E-state index contributed by atoms with van der Waals surface area (Å²) in [6.45, 7) is 4.29. The normalized spacial score (nSPS) is 16.3. The van der Waals surface area contributed by atoms with Gasteiger partial charge in [0.2, 0.25) is 0 Å². The number of thiazole rings is 1. The van der Waals surface area contributed by atoms with Crippen molar-refractivity contribution < 1.29 is 9.53 Å². The van der Waals surface area contributed by atoms with E-state index in [4.69, 9.17) is 4.74 Å². The quantitative estimate of drug-likeness (QED) is 0.591. The molecule has 1 atom stereocenters. The van der Waals surface area contributed by atoms with Crippen molar-refractivity contribution in [1.82, 2.24) is 10.3 Å². The zero-order valence-corrected chi connectivity index (χ0v) is 13.0. The van der Waals surface area contributed by atoms with Crippen molar-refractivity contribution in [2.24, 2.45) is 0 Å². The van der Waals surface area contributed by atoms with Crippen molar-refractivity contribution in [3.63, 3.8) is 0 Å². The van der Waals surface area contributed by atoms with Gasteiger partial charge < -0.3 is 10.1 Å². The second-order valence-corrected chi connectivity index (χ2v) is 6.84. The highest BCUT2D eigenvalue weighted by atomic mass is 32.2. The summed E-state index contributed by atoms with van der Waals surface area (Å²) in [5, 5.41) is 5.41. The van der Waals surface area contributed by atoms with Gasteiger partial charge in [0.05, 0.1) is 6.61 Å². The van der Waals surface area contributed by atoms with Gasteiger partial charge in [0.25, 0.3) is 0 Å². The van der Waals surface area contributed by atoms with E-state index in [2.05, 4.69) is 10.3 Å². The van der Waals surface area contributed by atoms with Crippen LogP contribution < -0.4 is 5.32 Å². The Morgan fingerprint density at radius 2 is 2.47 bits per heavy atom. The van der Waals surface area contributed by atoms with Crippen LogP contribution in [0.25, 0.3) is 0 Å². The predicted octanol–water partition coefficient (Wildman–Crippen LogP) is 2.62. The van der Waals surface area contributed by atoms with E-state index in [0.717, 1.165) is 22.2 Å². The Morgan fingerprint density at radius 1 is 1.68 bits per heavy atom. The molecular formula is C13H20N2O2S2. The Bertz CT molecular complexity index is 419. The van der Waals surface area contributed by atoms with Gasteiger partial charge in [-0.05, 0) is 33.1 Å². The predicted molar refractivity (Wildman–Crippen MR) is 78.8 cm³/mol. The number of rotatable bonds is 8. The van der Waals surface area contributed by atoms with E-state index in [0.29, 0.717) is 12.6 Å². The Labute approximate surface area is 122 Å². The Morgan fingerprint density at radius 3 is 3.05 bits per heavy atom. The zero-order chi connectivity index (χ0) is 13.7. The lowest BCUT2D eigenvalue weighted by atomic mass is 10.2. The van der Waals surface area contributed by atoms with Crippen LogP contribution in [0, 0.1) is 6.92 Å². The third-order valence-corrected chi connectivity index (χ3v) is 4.99. The van der Waals surface area contributed by atoms with Gasteiger partial charge in [0.15, 0.2) is 0 Å². The summed E-state index contributed by atoms with van der Waals surface area (Å²) in [7, 11) is 0. The molecule has 0 aliphatic heterocycles. The lowest BCUT2D eigenvalue weighted by Crippen LogP contribution is -2.39. The molecule has 1 saturated carbocycles. The molecule has 1 aromatic heterocycles. The van der Waals surface area contributed by atoms with Gasteiger partial charge in [-0.2, -0.15) is 0 Å². The number of hydrogen-bond donors (Lipinski definition) is 1. The maximum atomic E-state index is 11.8. The van der Waals surface area contributed by atoms with Crippen LogP contribution in [0.3, 0.4) is 0 Å². The number of aromatic nitrogens is 1. The van der Waals surface area contributed by atoms with E-state index in [1.54, 1.807) is 23.1 Å². The Hall–Kier alpha value is -0.590. The van der Waals surface area contributed by atoms with Crippen molar-refractivity contribution in [1.29, 1.82) is 0 Å². The molecule has 0 spiro atoms. The first-order chi connectivity index (χ1) is 9.19. The number of nitrogens with zero attached hydrogens (tertiary/aromatic N) is 1. The molecule has 0 amide bonds. The summed E-state index contributed by atoms with van der Waals surface area (Å²) < 4.78 is 6.19. The smallest absolute Gasteiger partial charge is 0.323 e. The summed E-state index contributed by atoms with van der Waals surface area (Å²) in [6.07, 6.45) is 3.14. The van der Waals surface area contributed by atoms with Crippen LogP contribution in [0.2, 0.25) is 0 Å². The highest BCUT2D eigenvalue weighted by Gasteiger charge is 2.28. The number of thioether (sulfide) groups is 1. The third kappa shape index (κ3) is 5.12. The Kier molecular flexibility index (Phi) is 5.66. The van der Waals surface area contributed by atoms with E-state index in [1.807, 2.05) is 19.2 Å². The molecule has 1 heterocycles. The number of carbonyl (C=O) groups is 1. The number of aryl methyl sites for hydroxylation is 1. The largest absolute Gasteiger partial charge is 0.465 e. The molecular weight excluding hydrogens is 280 g/mol. The average Bonchev–Trinajstić information content (AvgIpc) is 3.10. The van der Waals surface area contributed by atoms with Crippen LogP contribution in [-0.4, -0.2) is 35.4 Å². The fourth-order valence-corrected chi connectivity index (χ4v) is 3.63. The van der Waals surface area contributed by atoms with Crippen LogP contribution in [-0.2, 0) is 9.53 Å². The summed E-state index contributed by atoms with van der Waals surface area (Å²) in [6, 6.07) is 0.350. The molecule has 1 fully saturated rings. The SMILES string of the molecule is CCOC(=O)C(CCSc1nc(C)cs1)NC1CC1. The fraction of sp³-hybridized carbons (Fsp3) is 0.692. The number of esters is 1. The van der Waals surface area contributed by atoms with E-state index < -0.39 is 0 Å². The molecule has 1 aromatic rings. The minimum Gasteiger partial charge on any atom is -0.465 e. The zero-order valence-electron chi connectivity index (χ0n) is 11.3. The van der Waals surface area contributed by atoms with Gasteiger partial charge in [-0.3, -0.25) is 4.79 Å². The maximum absolute atomic E-state index is 11.8. The number of nitrogens with one attached hydrogen (secondary N) is 1. The number of hydrogen-bond acceptors (Lipinski definition) is 6. The lowest BCUT2D eigenvalue weighted by molar-refractivity contribution is -0.145. The molecule has 1 unspecified atom stereocenters. The van der Waals surface area contributed by atoms with Crippen LogP contribution >= 0.6 is 23.1 Å². The lowest BCUT2D eigenvalue weighted by Gasteiger charge is -2.16. The molecule has 1 aliphatic rings. The van der Waals surface area contributed by atoms with E-state index in [-0.39, 0.29) is 12.0 Å². The van der Waals surface area contributed by atoms with Crippen LogP contribution in [0.4, 0.5) is 0 Å². The second-order valence-electron chi connectivity index (χ2n) is 4.64.